The zero-order valence-corrected chi connectivity index (χ0v) is 15.0. The Balaban J connectivity index is 1.97. The van der Waals surface area contributed by atoms with Gasteiger partial charge in [-0.25, -0.2) is 0 Å². The van der Waals surface area contributed by atoms with Gasteiger partial charge < -0.3 is 26.0 Å². The molecule has 0 aliphatic carbocycles. The number of amides is 3. The van der Waals surface area contributed by atoms with Crippen LogP contribution in [0.25, 0.3) is 0 Å². The van der Waals surface area contributed by atoms with Crippen LogP contribution in [0.5, 0.6) is 5.75 Å². The molecule has 3 amide bonds. The van der Waals surface area contributed by atoms with Crippen molar-refractivity contribution in [1.82, 2.24) is 21.3 Å². The predicted molar refractivity (Wildman–Crippen MR) is 96.8 cm³/mol. The van der Waals surface area contributed by atoms with Gasteiger partial charge in [-0.3, -0.25) is 14.4 Å². The van der Waals surface area contributed by atoms with Crippen molar-refractivity contribution in [3.05, 3.63) is 29.8 Å². The molecule has 4 N–H and O–H groups in total. The van der Waals surface area contributed by atoms with E-state index in [1.165, 1.54) is 0 Å². The van der Waals surface area contributed by atoms with E-state index < -0.39 is 11.9 Å². The van der Waals surface area contributed by atoms with E-state index in [-0.39, 0.29) is 24.9 Å². The number of aryl methyl sites for hydroxylation is 1. The zero-order chi connectivity index (χ0) is 18.8. The van der Waals surface area contributed by atoms with E-state index in [0.29, 0.717) is 19.7 Å². The fraction of sp³-hybridized carbons (Fsp3) is 0.500. The first-order valence-electron chi connectivity index (χ1n) is 8.81. The molecule has 0 bridgehead atoms. The standard InChI is InChI=1S/C18H26N4O4/c1-13-18(25)20-8-4-6-14-5-2-3-7-15(14)26-10-9-19-11-16(23)21-12-17(24)22-13/h2-3,5,7,13,19H,4,6,8-12H2,1H3,(H,20,25)(H,21,23)(H,22,24). The Hall–Kier alpha value is -2.61. The number of carbonyl (C=O) groups excluding carboxylic acids is 3. The Labute approximate surface area is 153 Å². The minimum absolute atomic E-state index is 0.0916. The number of carbonyl (C=O) groups is 3. The average Bonchev–Trinajstić information content (AvgIpc) is 2.63. The van der Waals surface area contributed by atoms with Gasteiger partial charge in [-0.2, -0.15) is 0 Å². The monoisotopic (exact) mass is 362 g/mol. The van der Waals surface area contributed by atoms with E-state index in [1.54, 1.807) is 6.92 Å². The summed E-state index contributed by atoms with van der Waals surface area (Å²) in [6.45, 7) is 2.99. The SMILES string of the molecule is CC1NC(=O)CNC(=O)CNCCOc2ccccc2CCCNC1=O. The number of nitrogens with one attached hydrogen (secondary N) is 4. The number of benzene rings is 1. The second-order valence-electron chi connectivity index (χ2n) is 6.09. The van der Waals surface area contributed by atoms with Crippen molar-refractivity contribution in [2.75, 3.05) is 32.8 Å². The highest BCUT2D eigenvalue weighted by molar-refractivity contribution is 5.90. The van der Waals surface area contributed by atoms with Gasteiger partial charge in [0, 0.05) is 13.1 Å². The fourth-order valence-electron chi connectivity index (χ4n) is 2.53. The summed E-state index contributed by atoms with van der Waals surface area (Å²) < 4.78 is 5.78. The number of hydrogen-bond donors (Lipinski definition) is 4. The number of rotatable bonds is 0. The van der Waals surface area contributed by atoms with Gasteiger partial charge in [0.2, 0.25) is 17.7 Å². The molecular weight excluding hydrogens is 336 g/mol. The summed E-state index contributed by atoms with van der Waals surface area (Å²) in [5, 5.41) is 10.8. The molecule has 1 unspecified atom stereocenters. The van der Waals surface area contributed by atoms with Crippen LogP contribution in [0.4, 0.5) is 0 Å². The van der Waals surface area contributed by atoms with Crippen LogP contribution in [0.1, 0.15) is 18.9 Å². The molecule has 0 saturated carbocycles. The van der Waals surface area contributed by atoms with Crippen LogP contribution < -0.4 is 26.0 Å². The van der Waals surface area contributed by atoms with Crippen LogP contribution in [0.15, 0.2) is 24.3 Å². The van der Waals surface area contributed by atoms with E-state index >= 15 is 0 Å². The van der Waals surface area contributed by atoms with Gasteiger partial charge in [0.05, 0.1) is 13.1 Å². The molecule has 2 rings (SSSR count). The second kappa shape index (κ2) is 10.4. The molecule has 0 radical (unpaired) electrons. The molecule has 142 valence electrons. The van der Waals surface area contributed by atoms with Crippen LogP contribution in [-0.4, -0.2) is 56.5 Å². The van der Waals surface area contributed by atoms with Gasteiger partial charge in [-0.15, -0.1) is 0 Å². The molecule has 26 heavy (non-hydrogen) atoms. The fourth-order valence-corrected chi connectivity index (χ4v) is 2.53. The summed E-state index contributed by atoms with van der Waals surface area (Å²) in [6.07, 6.45) is 1.54. The molecule has 1 aliphatic heterocycles. The Bertz CT molecular complexity index is 635. The summed E-state index contributed by atoms with van der Waals surface area (Å²) >= 11 is 0. The number of para-hydroxylation sites is 1. The van der Waals surface area contributed by atoms with Crippen molar-refractivity contribution in [2.24, 2.45) is 0 Å². The molecule has 0 saturated heterocycles. The van der Waals surface area contributed by atoms with E-state index in [4.69, 9.17) is 4.74 Å². The second-order valence-corrected chi connectivity index (χ2v) is 6.09. The van der Waals surface area contributed by atoms with Gasteiger partial charge in [0.1, 0.15) is 18.4 Å². The van der Waals surface area contributed by atoms with Gasteiger partial charge in [-0.05, 0) is 31.4 Å². The molecule has 0 fully saturated rings. The highest BCUT2D eigenvalue weighted by Crippen LogP contribution is 2.19. The van der Waals surface area contributed by atoms with Crippen molar-refractivity contribution in [3.63, 3.8) is 0 Å². The lowest BCUT2D eigenvalue weighted by molar-refractivity contribution is -0.129. The highest BCUT2D eigenvalue weighted by atomic mass is 16.5. The molecule has 8 heteroatoms. The van der Waals surface area contributed by atoms with Crippen molar-refractivity contribution in [3.8, 4) is 5.75 Å². The predicted octanol–water partition coefficient (Wildman–Crippen LogP) is -0.662. The summed E-state index contributed by atoms with van der Waals surface area (Å²) in [5.41, 5.74) is 1.07. The van der Waals surface area contributed by atoms with E-state index in [1.807, 2.05) is 24.3 Å². The molecule has 0 aromatic heterocycles. The topological polar surface area (TPSA) is 109 Å². The summed E-state index contributed by atoms with van der Waals surface area (Å²) in [7, 11) is 0. The largest absolute Gasteiger partial charge is 0.492 e. The van der Waals surface area contributed by atoms with Crippen LogP contribution in [0, 0.1) is 0 Å². The lowest BCUT2D eigenvalue weighted by Gasteiger charge is -2.16. The molecule has 1 aromatic rings. The first-order valence-corrected chi connectivity index (χ1v) is 8.81. The lowest BCUT2D eigenvalue weighted by atomic mass is 10.1. The maximum atomic E-state index is 12.0. The quantitative estimate of drug-likeness (QED) is 0.490. The number of hydrogen-bond acceptors (Lipinski definition) is 5. The van der Waals surface area contributed by atoms with Crippen LogP contribution >= 0.6 is 0 Å². The Kier molecular flexibility index (Phi) is 7.88. The van der Waals surface area contributed by atoms with E-state index in [2.05, 4.69) is 21.3 Å². The van der Waals surface area contributed by atoms with Gasteiger partial charge >= 0.3 is 0 Å². The molecule has 0 spiro atoms. The van der Waals surface area contributed by atoms with Crippen LogP contribution in [-0.2, 0) is 20.8 Å². The van der Waals surface area contributed by atoms with Gasteiger partial charge in [0.25, 0.3) is 0 Å². The third-order valence-corrected chi connectivity index (χ3v) is 3.93. The number of fused-ring (bicyclic) bond motifs is 1. The average molecular weight is 362 g/mol. The zero-order valence-electron chi connectivity index (χ0n) is 15.0. The van der Waals surface area contributed by atoms with Crippen molar-refractivity contribution >= 4 is 17.7 Å². The van der Waals surface area contributed by atoms with Crippen LogP contribution in [0.2, 0.25) is 0 Å². The van der Waals surface area contributed by atoms with E-state index in [0.717, 1.165) is 24.2 Å². The first-order chi connectivity index (χ1) is 12.6. The highest BCUT2D eigenvalue weighted by Gasteiger charge is 2.15. The molecule has 1 aromatic carbocycles. The molecule has 1 aliphatic rings. The molecule has 8 nitrogen and oxygen atoms in total. The normalized spacial score (nSPS) is 21.1. The third-order valence-electron chi connectivity index (χ3n) is 3.93. The Morgan fingerprint density at radius 2 is 1.81 bits per heavy atom. The van der Waals surface area contributed by atoms with Crippen LogP contribution in [0.3, 0.4) is 0 Å². The Morgan fingerprint density at radius 3 is 2.65 bits per heavy atom. The minimum atomic E-state index is -0.660. The maximum absolute atomic E-state index is 12.0. The minimum Gasteiger partial charge on any atom is -0.492 e. The molecular formula is C18H26N4O4. The Morgan fingerprint density at radius 1 is 1.00 bits per heavy atom. The smallest absolute Gasteiger partial charge is 0.242 e. The maximum Gasteiger partial charge on any atom is 0.242 e. The van der Waals surface area contributed by atoms with Crippen molar-refractivity contribution in [2.45, 2.75) is 25.8 Å². The van der Waals surface area contributed by atoms with E-state index in [9.17, 15) is 14.4 Å². The lowest BCUT2D eigenvalue weighted by Crippen LogP contribution is -2.48. The molecule has 1 heterocycles. The third kappa shape index (κ3) is 6.72. The summed E-state index contributed by atoms with van der Waals surface area (Å²) in [4.78, 5) is 35.5. The number of ether oxygens (including phenoxy) is 1. The van der Waals surface area contributed by atoms with Crippen molar-refractivity contribution < 1.29 is 19.1 Å². The van der Waals surface area contributed by atoms with Gasteiger partial charge in [-0.1, -0.05) is 18.2 Å². The van der Waals surface area contributed by atoms with Crippen molar-refractivity contribution in [1.29, 1.82) is 0 Å². The summed E-state index contributed by atoms with van der Waals surface area (Å²) in [6, 6.07) is 7.12. The first kappa shape index (κ1) is 19.7. The van der Waals surface area contributed by atoms with Gasteiger partial charge in [0.15, 0.2) is 0 Å². The summed E-state index contributed by atoms with van der Waals surface area (Å²) in [5.74, 6) is -0.137. The molecule has 1 atom stereocenters.